The third-order valence-corrected chi connectivity index (χ3v) is 4.23. The molecule has 2 rings (SSSR count). The van der Waals surface area contributed by atoms with Crippen LogP contribution in [0, 0.1) is 12.7 Å². The van der Waals surface area contributed by atoms with E-state index in [1.165, 1.54) is 0 Å². The van der Waals surface area contributed by atoms with Crippen molar-refractivity contribution in [3.8, 4) is 0 Å². The molecule has 1 aromatic rings. The van der Waals surface area contributed by atoms with Gasteiger partial charge in [-0.05, 0) is 51.1 Å². The molecule has 0 spiro atoms. The van der Waals surface area contributed by atoms with Crippen LogP contribution in [0.2, 0.25) is 0 Å². The van der Waals surface area contributed by atoms with Crippen LogP contribution >= 0.6 is 0 Å². The number of nitrogens with zero attached hydrogens (tertiary/aromatic N) is 1. The Kier molecular flexibility index (Phi) is 5.19. The Bertz CT molecular complexity index is 495. The maximum absolute atomic E-state index is 14.0. The van der Waals surface area contributed by atoms with E-state index in [1.807, 2.05) is 20.0 Å². The summed E-state index contributed by atoms with van der Waals surface area (Å²) in [5.74, 6) is -0.185. The molecular formula is C16H25FN2O2. The number of halogens is 1. The molecule has 0 aromatic heterocycles. The topological polar surface area (TPSA) is 44.7 Å². The van der Waals surface area contributed by atoms with Gasteiger partial charge in [0.1, 0.15) is 5.82 Å². The molecule has 1 saturated heterocycles. The first-order valence-electron chi connectivity index (χ1n) is 7.44. The van der Waals surface area contributed by atoms with Gasteiger partial charge in [-0.1, -0.05) is 0 Å². The molecule has 3 atom stereocenters. The van der Waals surface area contributed by atoms with E-state index in [0.29, 0.717) is 18.7 Å². The van der Waals surface area contributed by atoms with E-state index in [2.05, 4.69) is 17.1 Å². The van der Waals surface area contributed by atoms with Gasteiger partial charge >= 0.3 is 0 Å². The Morgan fingerprint density at radius 2 is 2.24 bits per heavy atom. The number of hydrogen-bond donors (Lipinski definition) is 2. The first-order chi connectivity index (χ1) is 9.97. The van der Waals surface area contributed by atoms with Crippen LogP contribution in [0.1, 0.15) is 31.0 Å². The number of hydrogen-bond acceptors (Lipinski definition) is 4. The van der Waals surface area contributed by atoms with Gasteiger partial charge in [-0.25, -0.2) is 4.39 Å². The normalized spacial score (nSPS) is 24.2. The number of benzene rings is 1. The maximum Gasteiger partial charge on any atom is 0.126 e. The van der Waals surface area contributed by atoms with Gasteiger partial charge < -0.3 is 20.1 Å². The predicted octanol–water partition coefficient (Wildman–Crippen LogP) is 2.00. The first kappa shape index (κ1) is 16.2. The third kappa shape index (κ3) is 3.36. The molecule has 4 nitrogen and oxygen atoms in total. The van der Waals surface area contributed by atoms with Gasteiger partial charge in [0.15, 0.2) is 0 Å². The minimum Gasteiger partial charge on any atom is -0.394 e. The summed E-state index contributed by atoms with van der Waals surface area (Å²) < 4.78 is 19.5. The standard InChI is InChI=1S/C16H25FN2O2/c1-10-5-16(14(6-15(10)17)12(3)18-4)19-7-13(8-20)21-9-11(19)2/h5-6,11-13,18,20H,7-9H2,1-4H3. The van der Waals surface area contributed by atoms with E-state index in [-0.39, 0.29) is 30.6 Å². The van der Waals surface area contributed by atoms with Crippen molar-refractivity contribution in [1.29, 1.82) is 0 Å². The number of aliphatic hydroxyl groups is 1. The van der Waals surface area contributed by atoms with Crippen molar-refractivity contribution in [2.24, 2.45) is 0 Å². The molecular weight excluding hydrogens is 271 g/mol. The van der Waals surface area contributed by atoms with Crippen molar-refractivity contribution in [2.45, 2.75) is 39.0 Å². The summed E-state index contributed by atoms with van der Waals surface area (Å²) in [6.45, 7) is 7.06. The molecule has 1 aromatic carbocycles. The lowest BCUT2D eigenvalue weighted by molar-refractivity contribution is -0.0104. The summed E-state index contributed by atoms with van der Waals surface area (Å²) >= 11 is 0. The van der Waals surface area contributed by atoms with E-state index in [4.69, 9.17) is 4.74 Å². The average molecular weight is 296 g/mol. The minimum atomic E-state index is -0.190. The fraction of sp³-hybridized carbons (Fsp3) is 0.625. The molecule has 1 aliphatic rings. The van der Waals surface area contributed by atoms with Crippen LogP contribution in [-0.2, 0) is 4.74 Å². The zero-order valence-electron chi connectivity index (χ0n) is 13.2. The van der Waals surface area contributed by atoms with Crippen LogP contribution in [0.15, 0.2) is 12.1 Å². The number of rotatable bonds is 4. The van der Waals surface area contributed by atoms with Crippen LogP contribution in [0.3, 0.4) is 0 Å². The molecule has 2 N–H and O–H groups in total. The predicted molar refractivity (Wildman–Crippen MR) is 82.2 cm³/mol. The molecule has 0 radical (unpaired) electrons. The lowest BCUT2D eigenvalue weighted by Gasteiger charge is -2.40. The highest BCUT2D eigenvalue weighted by atomic mass is 19.1. The molecule has 0 aliphatic carbocycles. The van der Waals surface area contributed by atoms with Crippen molar-refractivity contribution >= 4 is 5.69 Å². The van der Waals surface area contributed by atoms with Crippen molar-refractivity contribution in [1.82, 2.24) is 5.32 Å². The molecule has 1 aliphatic heterocycles. The molecule has 21 heavy (non-hydrogen) atoms. The second kappa shape index (κ2) is 6.73. The van der Waals surface area contributed by atoms with Gasteiger partial charge in [-0.3, -0.25) is 0 Å². The minimum absolute atomic E-state index is 0.000309. The van der Waals surface area contributed by atoms with Crippen LogP contribution in [0.25, 0.3) is 0 Å². The first-order valence-corrected chi connectivity index (χ1v) is 7.44. The summed E-state index contributed by atoms with van der Waals surface area (Å²) in [6.07, 6.45) is -0.190. The van der Waals surface area contributed by atoms with Gasteiger partial charge in [0.2, 0.25) is 0 Å². The van der Waals surface area contributed by atoms with Crippen molar-refractivity contribution in [3.05, 3.63) is 29.1 Å². The Labute approximate surface area is 125 Å². The van der Waals surface area contributed by atoms with E-state index < -0.39 is 0 Å². The highest BCUT2D eigenvalue weighted by molar-refractivity contribution is 5.58. The molecule has 118 valence electrons. The lowest BCUT2D eigenvalue weighted by Crippen LogP contribution is -2.50. The molecule has 5 heteroatoms. The molecule has 0 amide bonds. The summed E-state index contributed by atoms with van der Waals surface area (Å²) in [4.78, 5) is 2.21. The van der Waals surface area contributed by atoms with Crippen LogP contribution in [-0.4, -0.2) is 44.1 Å². The van der Waals surface area contributed by atoms with Gasteiger partial charge in [-0.15, -0.1) is 0 Å². The van der Waals surface area contributed by atoms with Crippen molar-refractivity contribution in [3.63, 3.8) is 0 Å². The highest BCUT2D eigenvalue weighted by Crippen LogP contribution is 2.32. The third-order valence-electron chi connectivity index (χ3n) is 4.23. The zero-order chi connectivity index (χ0) is 15.6. The van der Waals surface area contributed by atoms with Crippen LogP contribution < -0.4 is 10.2 Å². The van der Waals surface area contributed by atoms with E-state index in [1.54, 1.807) is 13.0 Å². The van der Waals surface area contributed by atoms with Crippen molar-refractivity contribution in [2.75, 3.05) is 31.7 Å². The Morgan fingerprint density at radius 1 is 1.52 bits per heavy atom. The molecule has 1 heterocycles. The molecule has 1 fully saturated rings. The summed E-state index contributed by atoms with van der Waals surface area (Å²) in [5.41, 5.74) is 2.59. The van der Waals surface area contributed by atoms with Crippen LogP contribution in [0.5, 0.6) is 0 Å². The summed E-state index contributed by atoms with van der Waals surface area (Å²) in [5, 5.41) is 12.5. The zero-order valence-corrected chi connectivity index (χ0v) is 13.2. The number of aliphatic hydroxyl groups excluding tert-OH is 1. The van der Waals surface area contributed by atoms with E-state index in [0.717, 1.165) is 11.3 Å². The SMILES string of the molecule is CNC(C)c1cc(F)c(C)cc1N1CC(CO)OCC1C. The second-order valence-electron chi connectivity index (χ2n) is 5.81. The Balaban J connectivity index is 2.42. The number of ether oxygens (including phenoxy) is 1. The molecule has 3 unspecified atom stereocenters. The number of morpholine rings is 1. The molecule has 0 saturated carbocycles. The highest BCUT2D eigenvalue weighted by Gasteiger charge is 2.28. The number of anilines is 1. The quantitative estimate of drug-likeness (QED) is 0.892. The number of nitrogens with one attached hydrogen (secondary N) is 1. The summed E-state index contributed by atoms with van der Waals surface area (Å²) in [6, 6.07) is 3.76. The monoisotopic (exact) mass is 296 g/mol. The van der Waals surface area contributed by atoms with Gasteiger partial charge in [0, 0.05) is 24.3 Å². The smallest absolute Gasteiger partial charge is 0.126 e. The van der Waals surface area contributed by atoms with E-state index >= 15 is 0 Å². The van der Waals surface area contributed by atoms with Crippen molar-refractivity contribution < 1.29 is 14.2 Å². The Hall–Kier alpha value is -1.17. The van der Waals surface area contributed by atoms with Gasteiger partial charge in [0.25, 0.3) is 0 Å². The maximum atomic E-state index is 14.0. The Morgan fingerprint density at radius 3 is 2.86 bits per heavy atom. The van der Waals surface area contributed by atoms with Crippen LogP contribution in [0.4, 0.5) is 10.1 Å². The van der Waals surface area contributed by atoms with Gasteiger partial charge in [-0.2, -0.15) is 0 Å². The second-order valence-corrected chi connectivity index (χ2v) is 5.81. The fourth-order valence-corrected chi connectivity index (χ4v) is 2.70. The molecule has 0 bridgehead atoms. The largest absolute Gasteiger partial charge is 0.394 e. The van der Waals surface area contributed by atoms with Gasteiger partial charge in [0.05, 0.1) is 19.3 Å². The lowest BCUT2D eigenvalue weighted by atomic mass is 10.00. The fourth-order valence-electron chi connectivity index (χ4n) is 2.70. The average Bonchev–Trinajstić information content (AvgIpc) is 2.49. The van der Waals surface area contributed by atoms with E-state index in [9.17, 15) is 9.50 Å². The summed E-state index contributed by atoms with van der Waals surface area (Å²) in [7, 11) is 1.87. The number of aryl methyl sites for hydroxylation is 1.